The average Bonchev–Trinajstić information content (AvgIpc) is 3.58. The standard InChI is InChI=1S/C21H23N5O.2C2HF3O2/c22-21(27)18-3-1-2-16-12-26(24-20(16)18)17-6-4-14(5-7-17)10-25-11-15-8-9-23-19(15)13-25;2*3-2(4,5)1(6)7/h1-7,12,15,19,23H,8-11,13H2,(H2,22,27);2*(H,6,7). The Kier molecular flexibility index (Phi) is 9.60. The van der Waals surface area contributed by atoms with Crippen molar-refractivity contribution < 1.29 is 61.2 Å². The molecule has 41 heavy (non-hydrogen) atoms. The number of carboxylic acids is 2. The van der Waals surface area contributed by atoms with Crippen LogP contribution in [-0.4, -0.2) is 65.7 Å². The fourth-order valence-corrected chi connectivity index (χ4v) is 4.80. The van der Waals surface area contributed by atoms with Gasteiger partial charge in [-0.25, -0.2) is 4.68 Å². The summed E-state index contributed by atoms with van der Waals surface area (Å²) in [6, 6.07) is 14.9. The predicted molar refractivity (Wildman–Crippen MR) is 125 cm³/mol. The van der Waals surface area contributed by atoms with Crippen molar-refractivity contribution in [3.63, 3.8) is 0 Å². The number of nitrogens with two attached hydrogens (primary N) is 2. The van der Waals surface area contributed by atoms with Crippen molar-refractivity contribution in [1.29, 1.82) is 0 Å². The predicted octanol–water partition coefficient (Wildman–Crippen LogP) is -1.93. The molecule has 2 aliphatic rings. The first-order chi connectivity index (χ1) is 19.1. The second-order valence-electron chi connectivity index (χ2n) is 9.49. The highest BCUT2D eigenvalue weighted by atomic mass is 19.4. The van der Waals surface area contributed by atoms with Crippen LogP contribution in [-0.2, 0) is 16.1 Å². The first-order valence-corrected chi connectivity index (χ1v) is 12.2. The third-order valence-corrected chi connectivity index (χ3v) is 6.61. The number of alkyl halides is 6. The van der Waals surface area contributed by atoms with Gasteiger partial charge in [0.1, 0.15) is 36.6 Å². The first kappa shape index (κ1) is 31.3. The summed E-state index contributed by atoms with van der Waals surface area (Å²) in [6.07, 6.45) is -7.06. The Bertz CT molecular complexity index is 1350. The molecule has 0 aliphatic carbocycles. The number of nitrogens with one attached hydrogen (secondary N) is 1. The van der Waals surface area contributed by atoms with Crippen LogP contribution < -0.4 is 26.2 Å². The van der Waals surface area contributed by atoms with Gasteiger partial charge in [0.2, 0.25) is 0 Å². The number of likely N-dealkylation sites (tertiary alicyclic amines) is 1. The van der Waals surface area contributed by atoms with Crippen molar-refractivity contribution in [1.82, 2.24) is 9.78 Å². The zero-order valence-corrected chi connectivity index (χ0v) is 21.2. The van der Waals surface area contributed by atoms with Gasteiger partial charge < -0.3 is 35.8 Å². The van der Waals surface area contributed by atoms with Gasteiger partial charge in [0.05, 0.1) is 30.3 Å². The lowest BCUT2D eigenvalue weighted by molar-refractivity contribution is -0.913. The van der Waals surface area contributed by atoms with Crippen molar-refractivity contribution in [2.24, 2.45) is 11.7 Å². The number of benzene rings is 2. The Balaban J connectivity index is 0.000000276. The number of aliphatic carboxylic acids is 2. The number of halogens is 6. The van der Waals surface area contributed by atoms with Gasteiger partial charge in [-0.3, -0.25) is 4.79 Å². The van der Waals surface area contributed by atoms with Crippen molar-refractivity contribution >= 4 is 28.7 Å². The monoisotopic (exact) mass is 589 g/mol. The second kappa shape index (κ2) is 12.6. The van der Waals surface area contributed by atoms with E-state index in [1.807, 2.05) is 23.0 Å². The van der Waals surface area contributed by atoms with Crippen LogP contribution in [0.3, 0.4) is 0 Å². The van der Waals surface area contributed by atoms with Crippen LogP contribution >= 0.6 is 0 Å². The number of rotatable bonds is 4. The van der Waals surface area contributed by atoms with Crippen LogP contribution in [0.4, 0.5) is 26.3 Å². The molecule has 16 heteroatoms. The molecule has 5 rings (SSSR count). The summed E-state index contributed by atoms with van der Waals surface area (Å²) >= 11 is 0. The van der Waals surface area contributed by atoms with Crippen LogP contribution in [0.1, 0.15) is 22.3 Å². The molecule has 2 saturated heterocycles. The zero-order chi connectivity index (χ0) is 30.5. The Morgan fingerprint density at radius 3 is 2.07 bits per heavy atom. The minimum atomic E-state index is -5.19. The van der Waals surface area contributed by atoms with Crippen LogP contribution in [0.25, 0.3) is 16.6 Å². The van der Waals surface area contributed by atoms with Gasteiger partial charge in [-0.05, 0) is 18.2 Å². The molecule has 3 heterocycles. The number of primary amides is 1. The lowest BCUT2D eigenvalue weighted by Crippen LogP contribution is -3.11. The SMILES string of the molecule is NC(=O)c1cccc2cn(-c3ccc(C[NH+]4CC5CC[NH2+]C5C4)cc3)nc12.O=C([O-])C(F)(F)F.O=C([O-])C(F)(F)F. The maximum atomic E-state index is 11.6. The van der Waals surface area contributed by atoms with Crippen molar-refractivity contribution in [3.05, 3.63) is 59.8 Å². The Morgan fingerprint density at radius 2 is 1.56 bits per heavy atom. The van der Waals surface area contributed by atoms with Crippen LogP contribution in [0, 0.1) is 5.92 Å². The Labute approximate surface area is 228 Å². The summed E-state index contributed by atoms with van der Waals surface area (Å²) in [5.41, 5.74) is 8.94. The lowest BCUT2D eigenvalue weighted by Gasteiger charge is -2.13. The molecule has 3 atom stereocenters. The van der Waals surface area contributed by atoms with E-state index in [-0.39, 0.29) is 0 Å². The topological polar surface area (TPSA) is 162 Å². The van der Waals surface area contributed by atoms with Gasteiger partial charge in [0, 0.05) is 23.6 Å². The Morgan fingerprint density at radius 1 is 0.976 bits per heavy atom. The minimum Gasteiger partial charge on any atom is -0.542 e. The third kappa shape index (κ3) is 8.40. The van der Waals surface area contributed by atoms with Crippen LogP contribution in [0.2, 0.25) is 0 Å². The fraction of sp³-hybridized carbons (Fsp3) is 0.360. The smallest absolute Gasteiger partial charge is 0.430 e. The average molecular weight is 589 g/mol. The molecule has 0 spiro atoms. The maximum Gasteiger partial charge on any atom is 0.430 e. The molecule has 3 aromatic rings. The second-order valence-corrected chi connectivity index (χ2v) is 9.49. The number of carbonyl (C=O) groups is 3. The number of carbonyl (C=O) groups excluding carboxylic acids is 3. The number of aromatic nitrogens is 2. The fourth-order valence-electron chi connectivity index (χ4n) is 4.80. The number of carboxylic acid groups (broad SMARTS) is 2. The number of hydrogen-bond acceptors (Lipinski definition) is 6. The summed E-state index contributed by atoms with van der Waals surface area (Å²) in [5.74, 6) is -5.55. The molecule has 0 bridgehead atoms. The molecule has 222 valence electrons. The van der Waals surface area contributed by atoms with E-state index in [9.17, 15) is 31.1 Å². The molecule has 2 fully saturated rings. The highest BCUT2D eigenvalue weighted by Gasteiger charge is 2.42. The lowest BCUT2D eigenvalue weighted by atomic mass is 10.1. The quantitative estimate of drug-likeness (QED) is 0.301. The number of hydrogen-bond donors (Lipinski definition) is 3. The molecule has 10 nitrogen and oxygen atoms in total. The van der Waals surface area contributed by atoms with Gasteiger partial charge in [0.25, 0.3) is 5.91 Å². The van der Waals surface area contributed by atoms with E-state index >= 15 is 0 Å². The molecule has 2 aromatic carbocycles. The molecule has 0 radical (unpaired) electrons. The summed E-state index contributed by atoms with van der Waals surface area (Å²) in [7, 11) is 0. The highest BCUT2D eigenvalue weighted by molar-refractivity contribution is 6.04. The molecule has 3 unspecified atom stereocenters. The van der Waals surface area contributed by atoms with E-state index in [2.05, 4.69) is 34.7 Å². The normalized spacial score (nSPS) is 19.9. The first-order valence-electron chi connectivity index (χ1n) is 12.2. The number of amides is 1. The summed E-state index contributed by atoms with van der Waals surface area (Å²) in [6.45, 7) is 5.00. The third-order valence-electron chi connectivity index (χ3n) is 6.61. The maximum absolute atomic E-state index is 11.6. The highest BCUT2D eigenvalue weighted by Crippen LogP contribution is 2.20. The molecule has 1 aromatic heterocycles. The largest absolute Gasteiger partial charge is 0.542 e. The van der Waals surface area contributed by atoms with Gasteiger partial charge in [0.15, 0.2) is 0 Å². The Hall–Kier alpha value is -4.18. The van der Waals surface area contributed by atoms with Gasteiger partial charge in [-0.1, -0.05) is 24.3 Å². The molecular weight excluding hydrogens is 564 g/mol. The molecular formula is C25H25F6N5O5. The van der Waals surface area contributed by atoms with Gasteiger partial charge in [-0.15, -0.1) is 0 Å². The van der Waals surface area contributed by atoms with E-state index in [0.717, 1.165) is 29.6 Å². The number of fused-ring (bicyclic) bond motifs is 2. The van der Waals surface area contributed by atoms with E-state index in [1.54, 1.807) is 11.0 Å². The van der Waals surface area contributed by atoms with E-state index in [4.69, 9.17) is 25.5 Å². The molecule has 5 N–H and O–H groups in total. The van der Waals surface area contributed by atoms with Gasteiger partial charge in [-0.2, -0.15) is 31.4 Å². The summed E-state index contributed by atoms with van der Waals surface area (Å²) < 4.78 is 64.9. The molecule has 1 amide bonds. The minimum absolute atomic E-state index is 0.447. The molecule has 2 aliphatic heterocycles. The van der Waals surface area contributed by atoms with E-state index in [0.29, 0.717) is 11.1 Å². The van der Waals surface area contributed by atoms with Crippen molar-refractivity contribution in [3.8, 4) is 5.69 Å². The van der Waals surface area contributed by atoms with Crippen LogP contribution in [0.5, 0.6) is 0 Å². The summed E-state index contributed by atoms with van der Waals surface area (Å²) in [5, 5.41) is 25.6. The summed E-state index contributed by atoms with van der Waals surface area (Å²) in [4.78, 5) is 30.9. The van der Waals surface area contributed by atoms with Crippen LogP contribution in [0.15, 0.2) is 48.7 Å². The van der Waals surface area contributed by atoms with Crippen molar-refractivity contribution in [2.75, 3.05) is 19.6 Å². The van der Waals surface area contributed by atoms with E-state index < -0.39 is 30.2 Å². The number of quaternary nitrogens is 2. The molecule has 0 saturated carbocycles. The number of nitrogens with zero attached hydrogens (tertiary/aromatic N) is 2. The van der Waals surface area contributed by atoms with Gasteiger partial charge >= 0.3 is 12.4 Å². The van der Waals surface area contributed by atoms with Crippen molar-refractivity contribution in [2.45, 2.75) is 31.4 Å². The van der Waals surface area contributed by atoms with E-state index in [1.165, 1.54) is 31.6 Å². The zero-order valence-electron chi connectivity index (χ0n) is 21.2.